The Hall–Kier alpha value is -1.61. The number of hydrogen-bond acceptors (Lipinski definition) is 1. The van der Waals surface area contributed by atoms with E-state index in [1.807, 2.05) is 6.92 Å². The van der Waals surface area contributed by atoms with Gasteiger partial charge in [0, 0.05) is 6.61 Å². The van der Waals surface area contributed by atoms with Crippen molar-refractivity contribution in [1.29, 1.82) is 0 Å². The third kappa shape index (κ3) is 5.51. The first-order chi connectivity index (χ1) is 11.4. The highest BCUT2D eigenvalue weighted by molar-refractivity contribution is 5.52. The van der Waals surface area contributed by atoms with E-state index in [0.717, 1.165) is 13.2 Å². The lowest BCUT2D eigenvalue weighted by Crippen LogP contribution is -2.36. The number of hydrogen-bond donors (Lipinski definition) is 0. The van der Waals surface area contributed by atoms with Gasteiger partial charge in [0.15, 0.2) is 6.73 Å². The van der Waals surface area contributed by atoms with E-state index >= 15 is 0 Å². The number of rotatable bonds is 11. The molecule has 0 aliphatic carbocycles. The van der Waals surface area contributed by atoms with Gasteiger partial charge in [0.1, 0.15) is 12.4 Å². The molecule has 0 N–H and O–H groups in total. The lowest BCUT2D eigenvalue weighted by atomic mass is 10.1. The summed E-state index contributed by atoms with van der Waals surface area (Å²) < 4.78 is 10.2. The Kier molecular flexibility index (Phi) is 7.88. The zero-order valence-corrected chi connectivity index (χ0v) is 14.7. The molecule has 3 nitrogen and oxygen atoms in total. The maximum Gasteiger partial charge on any atom is 0.290 e. The standard InChI is InChI=1S/C20H31N2O/c1-3-5-6-7-8-12-15-21-16-17-22(18-23-4-2)20(21)19-13-10-9-11-14-19/h9-11,13-14,16-17H,3-8,12,15,18H2,1-2H3/q+1. The fourth-order valence-electron chi connectivity index (χ4n) is 2.92. The van der Waals surface area contributed by atoms with Crippen molar-refractivity contribution in [2.24, 2.45) is 0 Å². The molecule has 0 bridgehead atoms. The van der Waals surface area contributed by atoms with Crippen molar-refractivity contribution in [3.05, 3.63) is 42.7 Å². The number of imidazole rings is 1. The first-order valence-corrected chi connectivity index (χ1v) is 9.08. The van der Waals surface area contributed by atoms with Gasteiger partial charge < -0.3 is 4.74 Å². The average Bonchev–Trinajstić information content (AvgIpc) is 2.99. The van der Waals surface area contributed by atoms with E-state index in [9.17, 15) is 0 Å². The Morgan fingerprint density at radius 3 is 2.43 bits per heavy atom. The molecule has 0 radical (unpaired) electrons. The third-order valence-corrected chi connectivity index (χ3v) is 4.19. The van der Waals surface area contributed by atoms with E-state index in [-0.39, 0.29) is 0 Å². The Balaban J connectivity index is 2.02. The van der Waals surface area contributed by atoms with Crippen LogP contribution in [0.1, 0.15) is 52.4 Å². The largest absolute Gasteiger partial charge is 0.342 e. The molecule has 0 unspecified atom stereocenters. The van der Waals surface area contributed by atoms with Crippen LogP contribution in [0.25, 0.3) is 11.4 Å². The number of nitrogens with zero attached hydrogens (tertiary/aromatic N) is 2. The first-order valence-electron chi connectivity index (χ1n) is 9.08. The van der Waals surface area contributed by atoms with E-state index in [4.69, 9.17) is 4.74 Å². The lowest BCUT2D eigenvalue weighted by Gasteiger charge is -2.06. The van der Waals surface area contributed by atoms with Gasteiger partial charge in [0.2, 0.25) is 0 Å². The highest BCUT2D eigenvalue weighted by Gasteiger charge is 2.18. The maximum atomic E-state index is 5.61. The van der Waals surface area contributed by atoms with Crippen molar-refractivity contribution in [2.45, 2.75) is 65.6 Å². The average molecular weight is 315 g/mol. The Morgan fingerprint density at radius 1 is 0.957 bits per heavy atom. The summed E-state index contributed by atoms with van der Waals surface area (Å²) in [5, 5.41) is 0. The molecule has 2 aromatic rings. The fraction of sp³-hybridized carbons (Fsp3) is 0.550. The molecule has 0 atom stereocenters. The number of benzene rings is 1. The minimum Gasteiger partial charge on any atom is -0.342 e. The first kappa shape index (κ1) is 17.7. The summed E-state index contributed by atoms with van der Waals surface area (Å²) in [5.41, 5.74) is 1.25. The van der Waals surface area contributed by atoms with Gasteiger partial charge in [-0.25, -0.2) is 9.13 Å². The van der Waals surface area contributed by atoms with Gasteiger partial charge in [-0.05, 0) is 31.9 Å². The highest BCUT2D eigenvalue weighted by Crippen LogP contribution is 2.17. The molecule has 1 aromatic heterocycles. The van der Waals surface area contributed by atoms with Gasteiger partial charge >= 0.3 is 0 Å². The lowest BCUT2D eigenvalue weighted by molar-refractivity contribution is -0.722. The van der Waals surface area contributed by atoms with Crippen LogP contribution in [0.5, 0.6) is 0 Å². The maximum absolute atomic E-state index is 5.61. The summed E-state index contributed by atoms with van der Waals surface area (Å²) in [4.78, 5) is 0. The molecule has 0 amide bonds. The van der Waals surface area contributed by atoms with E-state index in [2.05, 4.69) is 58.8 Å². The predicted molar refractivity (Wildman–Crippen MR) is 95.1 cm³/mol. The molecule has 3 heteroatoms. The SMILES string of the molecule is CCCCCCCCn1cc[n+](COCC)c1-c1ccccc1. The number of unbranched alkanes of at least 4 members (excludes halogenated alkanes) is 5. The number of aromatic nitrogens is 2. The van der Waals surface area contributed by atoms with Crippen LogP contribution < -0.4 is 4.57 Å². The zero-order valence-electron chi connectivity index (χ0n) is 14.7. The zero-order chi connectivity index (χ0) is 16.3. The van der Waals surface area contributed by atoms with Crippen molar-refractivity contribution < 1.29 is 9.30 Å². The molecule has 0 saturated carbocycles. The minimum atomic E-state index is 0.615. The van der Waals surface area contributed by atoms with Crippen molar-refractivity contribution in [3.63, 3.8) is 0 Å². The molecule has 126 valence electrons. The van der Waals surface area contributed by atoms with Crippen LogP contribution in [0.15, 0.2) is 42.7 Å². The topological polar surface area (TPSA) is 18.0 Å². The van der Waals surface area contributed by atoms with Crippen molar-refractivity contribution in [1.82, 2.24) is 4.57 Å². The molecular formula is C20H31N2O+. The second kappa shape index (κ2) is 10.2. The van der Waals surface area contributed by atoms with Gasteiger partial charge in [-0.1, -0.05) is 50.8 Å². The monoisotopic (exact) mass is 315 g/mol. The normalized spacial score (nSPS) is 11.0. The molecule has 1 aromatic carbocycles. The molecular weight excluding hydrogens is 284 g/mol. The van der Waals surface area contributed by atoms with E-state index in [1.54, 1.807) is 0 Å². The van der Waals surface area contributed by atoms with E-state index in [0.29, 0.717) is 6.73 Å². The van der Waals surface area contributed by atoms with Gasteiger partial charge in [-0.3, -0.25) is 0 Å². The summed E-state index contributed by atoms with van der Waals surface area (Å²) in [5.74, 6) is 1.24. The smallest absolute Gasteiger partial charge is 0.290 e. The Labute approximate surface area is 140 Å². The number of ether oxygens (including phenoxy) is 1. The summed E-state index contributed by atoms with van der Waals surface area (Å²) in [7, 11) is 0. The van der Waals surface area contributed by atoms with E-state index < -0.39 is 0 Å². The van der Waals surface area contributed by atoms with Crippen LogP contribution in [0.3, 0.4) is 0 Å². The van der Waals surface area contributed by atoms with Crippen LogP contribution >= 0.6 is 0 Å². The molecule has 1 heterocycles. The second-order valence-corrected chi connectivity index (χ2v) is 6.04. The van der Waals surface area contributed by atoms with Crippen molar-refractivity contribution in [3.8, 4) is 11.4 Å². The fourth-order valence-corrected chi connectivity index (χ4v) is 2.92. The molecule has 0 saturated heterocycles. The molecule has 0 spiro atoms. The predicted octanol–water partition coefficient (Wildman–Crippen LogP) is 4.80. The molecule has 0 fully saturated rings. The van der Waals surface area contributed by atoms with Gasteiger partial charge in [-0.15, -0.1) is 0 Å². The van der Waals surface area contributed by atoms with Crippen LogP contribution in [0, 0.1) is 0 Å². The molecule has 2 rings (SSSR count). The Morgan fingerprint density at radius 2 is 1.70 bits per heavy atom. The quantitative estimate of drug-likeness (QED) is 0.430. The third-order valence-electron chi connectivity index (χ3n) is 4.19. The highest BCUT2D eigenvalue weighted by atomic mass is 16.5. The van der Waals surface area contributed by atoms with E-state index in [1.165, 1.54) is 49.9 Å². The molecule has 23 heavy (non-hydrogen) atoms. The summed E-state index contributed by atoms with van der Waals surface area (Å²) >= 11 is 0. The van der Waals surface area contributed by atoms with Gasteiger partial charge in [0.25, 0.3) is 5.82 Å². The van der Waals surface area contributed by atoms with Crippen LogP contribution in [-0.2, 0) is 18.0 Å². The minimum absolute atomic E-state index is 0.615. The van der Waals surface area contributed by atoms with Crippen LogP contribution in [0.4, 0.5) is 0 Å². The van der Waals surface area contributed by atoms with Crippen molar-refractivity contribution >= 4 is 0 Å². The van der Waals surface area contributed by atoms with Crippen LogP contribution in [-0.4, -0.2) is 11.2 Å². The van der Waals surface area contributed by atoms with Gasteiger partial charge in [-0.2, -0.15) is 0 Å². The number of aryl methyl sites for hydroxylation is 1. The molecule has 0 aliphatic rings. The Bertz CT molecular complexity index is 548. The van der Waals surface area contributed by atoms with Crippen molar-refractivity contribution in [2.75, 3.05) is 6.61 Å². The van der Waals surface area contributed by atoms with Gasteiger partial charge in [0.05, 0.1) is 12.1 Å². The van der Waals surface area contributed by atoms with Crippen LogP contribution in [0.2, 0.25) is 0 Å². The summed E-state index contributed by atoms with van der Waals surface area (Å²) in [6.45, 7) is 6.74. The molecule has 0 aliphatic heterocycles. The summed E-state index contributed by atoms with van der Waals surface area (Å²) in [6.07, 6.45) is 12.3. The summed E-state index contributed by atoms with van der Waals surface area (Å²) in [6, 6.07) is 10.6. The second-order valence-electron chi connectivity index (χ2n) is 6.04.